The van der Waals surface area contributed by atoms with Crippen molar-refractivity contribution in [3.63, 3.8) is 0 Å². The summed E-state index contributed by atoms with van der Waals surface area (Å²) in [6.45, 7) is 16.2. The number of ether oxygens (including phenoxy) is 7. The number of ketones is 1. The number of hydrogen-bond acceptors (Lipinski definition) is 18. The van der Waals surface area contributed by atoms with Crippen LogP contribution >= 0.6 is 0 Å². The second-order valence-electron chi connectivity index (χ2n) is 22.1. The topological polar surface area (TPSA) is 234 Å². The summed E-state index contributed by atoms with van der Waals surface area (Å²) in [4.78, 5) is 33.5. The van der Waals surface area contributed by atoms with E-state index >= 15 is 0 Å². The number of benzene rings is 1. The second kappa shape index (κ2) is 26.8. The van der Waals surface area contributed by atoms with Gasteiger partial charge < -0.3 is 58.5 Å². The highest BCUT2D eigenvalue weighted by atomic mass is 32.2. The van der Waals surface area contributed by atoms with Gasteiger partial charge in [0, 0.05) is 63.2 Å². The number of halogens is 2. The number of alkyl halides is 2. The van der Waals surface area contributed by atoms with E-state index in [0.717, 1.165) is 0 Å². The van der Waals surface area contributed by atoms with Gasteiger partial charge in [0.25, 0.3) is 0 Å². The molecular weight excluding hydrogens is 1000 g/mol. The van der Waals surface area contributed by atoms with Gasteiger partial charge in [0.2, 0.25) is 12.1 Å². The fraction of sp³-hybridized carbons (Fsp3) is 0.811. The standard InChI is InChI=1S/C53H87F2N5O14S/c1-15-41-53(10,66)46(62)34(6)59(12)28-30(2)25-51(8,65)48(32(4)44(33(5)49(64)72-41)73-42-26-52(9,69-14)47(63)35(7)71-42)74-50-43(61)39(24-31(3)70-50)58(11)22-20-37-29-60(57-56-37)40(27-55)45(68-13)36-16-18-38(19-17-36)75(67)23-21-54/h16-19,29-35,39-42,44-48,50,62-63,65-66H,15,20-28H2,1-14H3/t30-,31-,32+,33-,34-,35+,39+,40-,41-,42+,44+,45-,46-,47+,48-,50+,51-,52-,53-,75?/m1/s1. The van der Waals surface area contributed by atoms with Crippen LogP contribution in [0.1, 0.15) is 118 Å². The van der Waals surface area contributed by atoms with E-state index in [1.165, 1.54) is 25.8 Å². The van der Waals surface area contributed by atoms with Crippen LogP contribution < -0.4 is 0 Å². The van der Waals surface area contributed by atoms with Crippen molar-refractivity contribution in [3.8, 4) is 0 Å². The predicted octanol–water partition coefficient (Wildman–Crippen LogP) is 4.29. The molecule has 0 aliphatic carbocycles. The quantitative estimate of drug-likeness (QED) is 0.153. The number of hydrogen-bond donors (Lipinski definition) is 4. The Hall–Kier alpha value is -2.97. The molecule has 428 valence electrons. The normalized spacial score (nSPS) is 38.4. The molecule has 0 spiro atoms. The Labute approximate surface area is 444 Å². The molecule has 1 aromatic carbocycles. The average molecular weight is 1090 g/mol. The Morgan fingerprint density at radius 3 is 2.24 bits per heavy atom. The second-order valence-corrected chi connectivity index (χ2v) is 23.7. The van der Waals surface area contributed by atoms with Crippen molar-refractivity contribution in [2.45, 2.75) is 203 Å². The zero-order valence-corrected chi connectivity index (χ0v) is 47.3. The third kappa shape index (κ3) is 14.8. The van der Waals surface area contributed by atoms with E-state index in [4.69, 9.17) is 33.2 Å². The molecule has 3 saturated heterocycles. The molecule has 0 radical (unpaired) electrons. The van der Waals surface area contributed by atoms with Gasteiger partial charge in [-0.1, -0.05) is 38.1 Å². The summed E-state index contributed by atoms with van der Waals surface area (Å²) in [7, 11) is 5.02. The van der Waals surface area contributed by atoms with Crippen molar-refractivity contribution in [2.75, 3.05) is 60.5 Å². The summed E-state index contributed by atoms with van der Waals surface area (Å²) in [5.41, 5.74) is -3.56. The van der Waals surface area contributed by atoms with Crippen LogP contribution in [0.25, 0.3) is 0 Å². The van der Waals surface area contributed by atoms with Gasteiger partial charge in [-0.15, -0.1) is 5.10 Å². The van der Waals surface area contributed by atoms with Gasteiger partial charge in [-0.2, -0.15) is 0 Å². The zero-order chi connectivity index (χ0) is 55.9. The minimum Gasteiger partial charge on any atom is -0.459 e. The lowest BCUT2D eigenvalue weighted by Gasteiger charge is -2.48. The van der Waals surface area contributed by atoms with E-state index in [2.05, 4.69) is 10.3 Å². The number of esters is 1. The minimum absolute atomic E-state index is 0.0570. The van der Waals surface area contributed by atoms with Gasteiger partial charge in [0.1, 0.15) is 49.4 Å². The molecule has 20 atom stereocenters. The summed E-state index contributed by atoms with van der Waals surface area (Å²) < 4.78 is 85.0. The van der Waals surface area contributed by atoms with E-state index in [9.17, 15) is 43.0 Å². The van der Waals surface area contributed by atoms with Crippen LogP contribution in [-0.2, 0) is 60.0 Å². The maximum atomic E-state index is 14.8. The molecule has 3 aliphatic heterocycles. The molecule has 2 aromatic rings. The fourth-order valence-corrected chi connectivity index (χ4v) is 12.1. The highest BCUT2D eigenvalue weighted by Crippen LogP contribution is 2.40. The summed E-state index contributed by atoms with van der Waals surface area (Å²) in [6.07, 6.45) is -7.83. The highest BCUT2D eigenvalue weighted by Gasteiger charge is 2.53. The molecule has 1 aromatic heterocycles. The van der Waals surface area contributed by atoms with Gasteiger partial charge in [-0.3, -0.25) is 23.1 Å². The summed E-state index contributed by atoms with van der Waals surface area (Å²) in [6, 6.07) is 4.33. The van der Waals surface area contributed by atoms with Crippen LogP contribution in [0.4, 0.5) is 8.78 Å². The Morgan fingerprint density at radius 1 is 0.973 bits per heavy atom. The largest absolute Gasteiger partial charge is 0.459 e. The molecule has 3 fully saturated rings. The van der Waals surface area contributed by atoms with E-state index < -0.39 is 144 Å². The van der Waals surface area contributed by atoms with Crippen molar-refractivity contribution >= 4 is 22.6 Å². The van der Waals surface area contributed by atoms with Crippen molar-refractivity contribution in [1.29, 1.82) is 0 Å². The van der Waals surface area contributed by atoms with Gasteiger partial charge >= 0.3 is 5.97 Å². The van der Waals surface area contributed by atoms with Crippen LogP contribution in [0, 0.1) is 17.8 Å². The maximum Gasteiger partial charge on any atom is 0.311 e. The molecule has 22 heteroatoms. The fourth-order valence-electron chi connectivity index (χ4n) is 11.3. The number of aromatic nitrogens is 3. The first kappa shape index (κ1) is 62.9. The van der Waals surface area contributed by atoms with Crippen LogP contribution in [0.2, 0.25) is 0 Å². The SMILES string of the molecule is CC[C@H]1OC(=O)[C@H](C)[C@@H](O[C@H]2C[C@@](C)(OC)[C@@H](O)[C@H](C)O2)[C@H](C)[C@@H](O[C@@H]2O[C@H](C)C[C@H](N(C)CCc3cn([C@H](CF)[C@H](OC)c4ccc(S(=O)CCF)cc4)nn3)C2=O)[C@](C)(O)C[C@@H](C)CN(C)[C@H](C)[C@@H](O)[C@]1(C)O. The third-order valence-corrected chi connectivity index (χ3v) is 17.4. The van der Waals surface area contributed by atoms with Crippen LogP contribution in [0.5, 0.6) is 0 Å². The average Bonchev–Trinajstić information content (AvgIpc) is 3.84. The molecule has 1 unspecified atom stereocenters. The van der Waals surface area contributed by atoms with Crippen molar-refractivity contribution < 1.29 is 76.2 Å². The Morgan fingerprint density at radius 2 is 1.64 bits per heavy atom. The predicted molar refractivity (Wildman–Crippen MR) is 274 cm³/mol. The van der Waals surface area contributed by atoms with Crippen molar-refractivity contribution in [3.05, 3.63) is 41.7 Å². The lowest BCUT2D eigenvalue weighted by atomic mass is 9.77. The van der Waals surface area contributed by atoms with E-state index in [1.807, 2.05) is 23.6 Å². The molecule has 75 heavy (non-hydrogen) atoms. The molecule has 3 aliphatic rings. The van der Waals surface area contributed by atoms with Gasteiger partial charge in [-0.25, -0.2) is 9.07 Å². The number of aliphatic hydroxyl groups excluding tert-OH is 2. The summed E-state index contributed by atoms with van der Waals surface area (Å²) in [5, 5.41) is 56.0. The van der Waals surface area contributed by atoms with Gasteiger partial charge in [0.15, 0.2) is 6.29 Å². The number of likely N-dealkylation sites (N-methyl/N-ethyl adjacent to an activating group) is 2. The maximum absolute atomic E-state index is 14.8. The number of aliphatic hydroxyl groups is 4. The van der Waals surface area contributed by atoms with Crippen molar-refractivity contribution in [1.82, 2.24) is 24.8 Å². The number of nitrogens with zero attached hydrogens (tertiary/aromatic N) is 5. The van der Waals surface area contributed by atoms with E-state index in [1.54, 1.807) is 93.0 Å². The van der Waals surface area contributed by atoms with Gasteiger partial charge in [-0.05, 0) is 105 Å². The summed E-state index contributed by atoms with van der Waals surface area (Å²) >= 11 is 0. The lowest BCUT2D eigenvalue weighted by Crippen LogP contribution is -2.60. The van der Waals surface area contributed by atoms with E-state index in [-0.39, 0.29) is 30.9 Å². The molecule has 4 N–H and O–H groups in total. The van der Waals surface area contributed by atoms with Gasteiger partial charge in [0.05, 0.1) is 69.8 Å². The number of methoxy groups -OCH3 is 2. The lowest BCUT2D eigenvalue weighted by molar-refractivity contribution is -0.305. The van der Waals surface area contributed by atoms with Crippen LogP contribution in [0.3, 0.4) is 0 Å². The molecule has 0 saturated carbocycles. The first-order valence-electron chi connectivity index (χ1n) is 26.3. The highest BCUT2D eigenvalue weighted by molar-refractivity contribution is 7.85. The number of carbonyl (C=O) groups excluding carboxylic acids is 2. The number of cyclic esters (lactones) is 1. The molecule has 0 bridgehead atoms. The van der Waals surface area contributed by atoms with E-state index in [0.29, 0.717) is 42.1 Å². The first-order chi connectivity index (χ1) is 35.2. The molecule has 4 heterocycles. The minimum atomic E-state index is -1.87. The Balaban J connectivity index is 1.43. The molecule has 19 nitrogen and oxygen atoms in total. The molecule has 5 rings (SSSR count). The number of Topliss-reactive ketones (excluding diaryl/α,β-unsaturated/α-hetero) is 1. The monoisotopic (exact) mass is 1090 g/mol. The van der Waals surface area contributed by atoms with Crippen molar-refractivity contribution in [2.24, 2.45) is 17.8 Å². The number of carbonyl (C=O) groups is 2. The molecule has 0 amide bonds. The third-order valence-electron chi connectivity index (χ3n) is 16.0. The van der Waals surface area contributed by atoms with Crippen LogP contribution in [-0.4, -0.2) is 206 Å². The number of rotatable bonds is 18. The first-order valence-corrected chi connectivity index (χ1v) is 27.7. The zero-order valence-electron chi connectivity index (χ0n) is 46.5. The Kier molecular flexibility index (Phi) is 22.5. The summed E-state index contributed by atoms with van der Waals surface area (Å²) in [5.74, 6) is -3.56. The smallest absolute Gasteiger partial charge is 0.311 e. The molecular formula is C53H87F2N5O14S. The Bertz CT molecular complexity index is 2160. The van der Waals surface area contributed by atoms with Crippen LogP contribution in [0.15, 0.2) is 35.4 Å².